The molecule has 6 heteroatoms. The fourth-order valence-electron chi connectivity index (χ4n) is 1.77. The van der Waals surface area contributed by atoms with Gasteiger partial charge in [0.2, 0.25) is 5.91 Å². The first-order valence-corrected chi connectivity index (χ1v) is 7.58. The first-order valence-electron chi connectivity index (χ1n) is 6.78. The van der Waals surface area contributed by atoms with Crippen molar-refractivity contribution >= 4 is 33.5 Å². The molecule has 1 amide bonds. The Labute approximate surface area is 133 Å². The van der Waals surface area contributed by atoms with Gasteiger partial charge in [-0.05, 0) is 38.1 Å². The molecule has 0 heterocycles. The van der Waals surface area contributed by atoms with Gasteiger partial charge in [-0.1, -0.05) is 15.9 Å². The second-order valence-electron chi connectivity index (χ2n) is 4.95. The largest absolute Gasteiger partial charge is 0.469 e. The van der Waals surface area contributed by atoms with Crippen molar-refractivity contribution < 1.29 is 14.3 Å². The Morgan fingerprint density at radius 1 is 1.29 bits per heavy atom. The summed E-state index contributed by atoms with van der Waals surface area (Å²) in [6.45, 7) is 4.72. The van der Waals surface area contributed by atoms with Crippen molar-refractivity contribution in [2.75, 3.05) is 25.5 Å². The van der Waals surface area contributed by atoms with E-state index in [2.05, 4.69) is 26.0 Å². The lowest BCUT2D eigenvalue weighted by atomic mass is 10.2. The maximum absolute atomic E-state index is 12.0. The maximum atomic E-state index is 12.0. The summed E-state index contributed by atoms with van der Waals surface area (Å²) in [5.41, 5.74) is 0.750. The molecule has 0 spiro atoms. The molecule has 0 saturated carbocycles. The fourth-order valence-corrected chi connectivity index (χ4v) is 2.04. The lowest BCUT2D eigenvalue weighted by Gasteiger charge is -2.25. The van der Waals surface area contributed by atoms with Gasteiger partial charge in [0.15, 0.2) is 0 Å². The highest BCUT2D eigenvalue weighted by Gasteiger charge is 2.15. The average molecular weight is 357 g/mol. The molecule has 5 nitrogen and oxygen atoms in total. The zero-order valence-electron chi connectivity index (χ0n) is 12.6. The molecule has 0 aromatic heterocycles. The number of carbonyl (C=O) groups is 2. The van der Waals surface area contributed by atoms with Crippen LogP contribution in [-0.2, 0) is 14.3 Å². The van der Waals surface area contributed by atoms with Crippen molar-refractivity contribution in [3.8, 4) is 0 Å². The van der Waals surface area contributed by atoms with Gasteiger partial charge in [-0.15, -0.1) is 0 Å². The number of ether oxygens (including phenoxy) is 1. The Balaban J connectivity index is 2.52. The predicted molar refractivity (Wildman–Crippen MR) is 86.1 cm³/mol. The third-order valence-electron chi connectivity index (χ3n) is 3.04. The normalized spacial score (nSPS) is 10.8. The Morgan fingerprint density at radius 3 is 2.43 bits per heavy atom. The number of rotatable bonds is 7. The van der Waals surface area contributed by atoms with Gasteiger partial charge < -0.3 is 10.1 Å². The minimum atomic E-state index is -0.269. The van der Waals surface area contributed by atoms with E-state index in [1.54, 1.807) is 0 Å². The summed E-state index contributed by atoms with van der Waals surface area (Å²) < 4.78 is 5.58. The van der Waals surface area contributed by atoms with Crippen molar-refractivity contribution in [2.45, 2.75) is 26.3 Å². The van der Waals surface area contributed by atoms with Gasteiger partial charge in [0.05, 0.1) is 20.1 Å². The van der Waals surface area contributed by atoms with Gasteiger partial charge in [-0.2, -0.15) is 0 Å². The number of nitrogens with one attached hydrogen (secondary N) is 1. The number of hydrogen-bond donors (Lipinski definition) is 1. The lowest BCUT2D eigenvalue weighted by molar-refractivity contribution is -0.141. The van der Waals surface area contributed by atoms with Crippen LogP contribution in [0.5, 0.6) is 0 Å². The summed E-state index contributed by atoms with van der Waals surface area (Å²) in [6.07, 6.45) is 0.278. The summed E-state index contributed by atoms with van der Waals surface area (Å²) in [5.74, 6) is -0.371. The summed E-state index contributed by atoms with van der Waals surface area (Å²) >= 11 is 3.35. The van der Waals surface area contributed by atoms with Crippen LogP contribution in [0.25, 0.3) is 0 Å². The third kappa shape index (κ3) is 6.73. The van der Waals surface area contributed by atoms with E-state index in [-0.39, 0.29) is 30.9 Å². The van der Waals surface area contributed by atoms with E-state index < -0.39 is 0 Å². The maximum Gasteiger partial charge on any atom is 0.306 e. The van der Waals surface area contributed by atoms with Crippen LogP contribution < -0.4 is 5.32 Å². The van der Waals surface area contributed by atoms with Crippen molar-refractivity contribution in [3.63, 3.8) is 0 Å². The minimum Gasteiger partial charge on any atom is -0.469 e. The first kappa shape index (κ1) is 17.7. The fraction of sp³-hybridized carbons (Fsp3) is 0.467. The number of hydrogen-bond acceptors (Lipinski definition) is 4. The highest BCUT2D eigenvalue weighted by Crippen LogP contribution is 2.14. The Morgan fingerprint density at radius 2 is 1.90 bits per heavy atom. The first-order chi connectivity index (χ1) is 9.92. The summed E-state index contributed by atoms with van der Waals surface area (Å²) in [6, 6.07) is 7.57. The number of halogens is 1. The number of nitrogens with zero attached hydrogens (tertiary/aromatic N) is 1. The summed E-state index contributed by atoms with van der Waals surface area (Å²) in [5, 5.41) is 2.84. The number of carbonyl (C=O) groups excluding carboxylic acids is 2. The van der Waals surface area contributed by atoms with Gasteiger partial charge in [-0.3, -0.25) is 14.5 Å². The van der Waals surface area contributed by atoms with Crippen LogP contribution in [0.3, 0.4) is 0 Å². The number of amides is 1. The SMILES string of the molecule is COC(=O)CCN(CC(=O)Nc1ccc(Br)cc1)C(C)C. The van der Waals surface area contributed by atoms with Crippen LogP contribution in [0, 0.1) is 0 Å². The molecule has 0 unspecified atom stereocenters. The molecule has 0 radical (unpaired) electrons. The smallest absolute Gasteiger partial charge is 0.306 e. The van der Waals surface area contributed by atoms with E-state index in [1.165, 1.54) is 7.11 Å². The van der Waals surface area contributed by atoms with Crippen molar-refractivity contribution in [2.24, 2.45) is 0 Å². The number of benzene rings is 1. The topological polar surface area (TPSA) is 58.6 Å². The molecule has 0 fully saturated rings. The molecule has 0 aliphatic carbocycles. The van der Waals surface area contributed by atoms with Crippen LogP contribution in [0.1, 0.15) is 20.3 Å². The Bertz CT molecular complexity index is 474. The molecular weight excluding hydrogens is 336 g/mol. The highest BCUT2D eigenvalue weighted by atomic mass is 79.9. The molecule has 1 N–H and O–H groups in total. The molecule has 1 aromatic carbocycles. The molecule has 0 aliphatic rings. The van der Waals surface area contributed by atoms with Crippen molar-refractivity contribution in [1.82, 2.24) is 4.90 Å². The molecule has 1 aromatic rings. The van der Waals surface area contributed by atoms with Gasteiger partial charge >= 0.3 is 5.97 Å². The zero-order chi connectivity index (χ0) is 15.8. The van der Waals surface area contributed by atoms with E-state index in [0.717, 1.165) is 10.2 Å². The van der Waals surface area contributed by atoms with Gasteiger partial charge in [-0.25, -0.2) is 0 Å². The Kier molecular flexibility index (Phi) is 7.39. The summed E-state index contributed by atoms with van der Waals surface area (Å²) in [7, 11) is 1.36. The molecule has 0 bridgehead atoms. The Hall–Kier alpha value is -1.40. The summed E-state index contributed by atoms with van der Waals surface area (Å²) in [4.78, 5) is 25.2. The molecule has 0 atom stereocenters. The third-order valence-corrected chi connectivity index (χ3v) is 3.56. The number of esters is 1. The number of anilines is 1. The van der Waals surface area contributed by atoms with Gasteiger partial charge in [0.25, 0.3) is 0 Å². The van der Waals surface area contributed by atoms with Crippen LogP contribution >= 0.6 is 15.9 Å². The lowest BCUT2D eigenvalue weighted by Crippen LogP contribution is -2.39. The van der Waals surface area contributed by atoms with Gasteiger partial charge in [0, 0.05) is 22.7 Å². The van der Waals surface area contributed by atoms with E-state index in [1.807, 2.05) is 43.0 Å². The quantitative estimate of drug-likeness (QED) is 0.763. The highest BCUT2D eigenvalue weighted by molar-refractivity contribution is 9.10. The standard InChI is InChI=1S/C15H21BrN2O3/c1-11(2)18(9-8-15(20)21-3)10-14(19)17-13-6-4-12(16)5-7-13/h4-7,11H,8-10H2,1-3H3,(H,17,19). The minimum absolute atomic E-state index is 0.101. The van der Waals surface area contributed by atoms with E-state index in [4.69, 9.17) is 0 Å². The zero-order valence-corrected chi connectivity index (χ0v) is 14.1. The number of methoxy groups -OCH3 is 1. The molecule has 116 valence electrons. The molecule has 21 heavy (non-hydrogen) atoms. The monoisotopic (exact) mass is 356 g/mol. The molecule has 0 aliphatic heterocycles. The second kappa shape index (κ2) is 8.79. The second-order valence-corrected chi connectivity index (χ2v) is 5.86. The van der Waals surface area contributed by atoms with Crippen LogP contribution in [0.15, 0.2) is 28.7 Å². The molecular formula is C15H21BrN2O3. The van der Waals surface area contributed by atoms with Crippen LogP contribution in [0.4, 0.5) is 5.69 Å². The molecule has 1 rings (SSSR count). The van der Waals surface area contributed by atoms with Gasteiger partial charge in [0.1, 0.15) is 0 Å². The average Bonchev–Trinajstić information content (AvgIpc) is 2.45. The van der Waals surface area contributed by atoms with E-state index >= 15 is 0 Å². The van der Waals surface area contributed by atoms with Crippen molar-refractivity contribution in [3.05, 3.63) is 28.7 Å². The molecule has 0 saturated heterocycles. The van der Waals surface area contributed by atoms with E-state index in [9.17, 15) is 9.59 Å². The van der Waals surface area contributed by atoms with Crippen LogP contribution in [-0.4, -0.2) is 43.0 Å². The van der Waals surface area contributed by atoms with Crippen molar-refractivity contribution in [1.29, 1.82) is 0 Å². The van der Waals surface area contributed by atoms with Crippen LogP contribution in [0.2, 0.25) is 0 Å². The van der Waals surface area contributed by atoms with E-state index in [0.29, 0.717) is 6.54 Å². The predicted octanol–water partition coefficient (Wildman–Crippen LogP) is 2.66.